The SMILES string of the molecule is CC1CCN(C(=O)c2ccc(NCC(=O)Nc3cccc(C(=O)NCc4ccco4)c3)cc2)CC1. The van der Waals surface area contributed by atoms with Crippen molar-refractivity contribution in [2.45, 2.75) is 26.3 Å². The van der Waals surface area contributed by atoms with Crippen LogP contribution in [0.3, 0.4) is 0 Å². The van der Waals surface area contributed by atoms with Gasteiger partial charge in [0.2, 0.25) is 5.91 Å². The van der Waals surface area contributed by atoms with Crippen molar-refractivity contribution in [2.75, 3.05) is 30.3 Å². The number of anilines is 2. The van der Waals surface area contributed by atoms with Crippen LogP contribution in [0.5, 0.6) is 0 Å². The molecule has 4 rings (SSSR count). The van der Waals surface area contributed by atoms with Crippen LogP contribution in [0.2, 0.25) is 0 Å². The third kappa shape index (κ3) is 6.72. The Bertz CT molecular complexity index is 1150. The van der Waals surface area contributed by atoms with Crippen LogP contribution in [0.25, 0.3) is 0 Å². The van der Waals surface area contributed by atoms with Gasteiger partial charge in [0.1, 0.15) is 5.76 Å². The number of benzene rings is 2. The monoisotopic (exact) mass is 474 g/mol. The lowest BCUT2D eigenvalue weighted by Gasteiger charge is -2.30. The standard InChI is InChI=1S/C27H30N4O4/c1-19-11-13-31(14-12-19)27(34)20-7-9-22(10-8-20)28-18-25(32)30-23-5-2-4-21(16-23)26(33)29-17-24-6-3-15-35-24/h2-10,15-16,19,28H,11-14,17-18H2,1H3,(H,29,33)(H,30,32). The maximum Gasteiger partial charge on any atom is 0.253 e. The lowest BCUT2D eigenvalue weighted by atomic mass is 9.98. The zero-order valence-corrected chi connectivity index (χ0v) is 19.8. The number of carbonyl (C=O) groups is 3. The first-order valence-corrected chi connectivity index (χ1v) is 11.8. The van der Waals surface area contributed by atoms with E-state index in [9.17, 15) is 14.4 Å². The van der Waals surface area contributed by atoms with E-state index in [2.05, 4.69) is 22.9 Å². The fourth-order valence-electron chi connectivity index (χ4n) is 3.93. The third-order valence-corrected chi connectivity index (χ3v) is 6.07. The van der Waals surface area contributed by atoms with Crippen molar-refractivity contribution in [3.05, 3.63) is 83.8 Å². The third-order valence-electron chi connectivity index (χ3n) is 6.07. The summed E-state index contributed by atoms with van der Waals surface area (Å²) in [5.41, 5.74) is 2.36. The Kier molecular flexibility index (Phi) is 7.82. The number of carbonyl (C=O) groups excluding carboxylic acids is 3. The largest absolute Gasteiger partial charge is 0.467 e. The lowest BCUT2D eigenvalue weighted by molar-refractivity contribution is -0.114. The first kappa shape index (κ1) is 24.1. The van der Waals surface area contributed by atoms with Gasteiger partial charge < -0.3 is 25.3 Å². The van der Waals surface area contributed by atoms with E-state index in [1.807, 2.05) is 4.90 Å². The highest BCUT2D eigenvalue weighted by molar-refractivity contribution is 5.98. The van der Waals surface area contributed by atoms with Gasteiger partial charge in [-0.3, -0.25) is 14.4 Å². The van der Waals surface area contributed by atoms with Crippen LogP contribution in [-0.4, -0.2) is 42.3 Å². The lowest BCUT2D eigenvalue weighted by Crippen LogP contribution is -2.37. The van der Waals surface area contributed by atoms with Gasteiger partial charge in [0, 0.05) is 35.6 Å². The number of hydrogen-bond acceptors (Lipinski definition) is 5. The van der Waals surface area contributed by atoms with Gasteiger partial charge in [0.25, 0.3) is 11.8 Å². The maximum absolute atomic E-state index is 12.7. The molecule has 8 heteroatoms. The van der Waals surface area contributed by atoms with Gasteiger partial charge in [-0.25, -0.2) is 0 Å². The fraction of sp³-hybridized carbons (Fsp3) is 0.296. The first-order chi connectivity index (χ1) is 17.0. The fourth-order valence-corrected chi connectivity index (χ4v) is 3.93. The van der Waals surface area contributed by atoms with E-state index < -0.39 is 0 Å². The Morgan fingerprint density at radius 2 is 1.71 bits per heavy atom. The molecule has 0 unspecified atom stereocenters. The van der Waals surface area contributed by atoms with E-state index in [-0.39, 0.29) is 30.8 Å². The number of hydrogen-bond donors (Lipinski definition) is 3. The molecular weight excluding hydrogens is 444 g/mol. The molecule has 182 valence electrons. The summed E-state index contributed by atoms with van der Waals surface area (Å²) in [6.45, 7) is 4.15. The molecule has 3 amide bonds. The van der Waals surface area contributed by atoms with Crippen LogP contribution < -0.4 is 16.0 Å². The Labute approximate surface area is 204 Å². The predicted molar refractivity (Wildman–Crippen MR) is 134 cm³/mol. The smallest absolute Gasteiger partial charge is 0.253 e. The average molecular weight is 475 g/mol. The van der Waals surface area contributed by atoms with Crippen molar-refractivity contribution in [1.29, 1.82) is 0 Å². The Balaban J connectivity index is 1.25. The second-order valence-electron chi connectivity index (χ2n) is 8.80. The van der Waals surface area contributed by atoms with Crippen LogP contribution in [-0.2, 0) is 11.3 Å². The summed E-state index contributed by atoms with van der Waals surface area (Å²) in [6, 6.07) is 17.5. The van der Waals surface area contributed by atoms with Crippen LogP contribution >= 0.6 is 0 Å². The highest BCUT2D eigenvalue weighted by Gasteiger charge is 2.21. The molecule has 0 spiro atoms. The van der Waals surface area contributed by atoms with Crippen molar-refractivity contribution in [3.63, 3.8) is 0 Å². The number of rotatable bonds is 8. The van der Waals surface area contributed by atoms with Gasteiger partial charge in [0.05, 0.1) is 19.4 Å². The van der Waals surface area contributed by atoms with Gasteiger partial charge in [-0.15, -0.1) is 0 Å². The molecule has 0 bridgehead atoms. The number of amides is 3. The van der Waals surface area contributed by atoms with E-state index >= 15 is 0 Å². The quantitative estimate of drug-likeness (QED) is 0.455. The molecule has 2 heterocycles. The first-order valence-electron chi connectivity index (χ1n) is 11.8. The van der Waals surface area contributed by atoms with Crippen LogP contribution in [0.15, 0.2) is 71.3 Å². The molecule has 35 heavy (non-hydrogen) atoms. The van der Waals surface area contributed by atoms with E-state index in [1.54, 1.807) is 66.9 Å². The zero-order chi connectivity index (χ0) is 24.6. The Hall–Kier alpha value is -4.07. The zero-order valence-electron chi connectivity index (χ0n) is 19.8. The van der Waals surface area contributed by atoms with Crippen molar-refractivity contribution in [1.82, 2.24) is 10.2 Å². The van der Waals surface area contributed by atoms with E-state index in [0.717, 1.165) is 31.6 Å². The molecule has 0 atom stereocenters. The summed E-state index contributed by atoms with van der Waals surface area (Å²) >= 11 is 0. The second kappa shape index (κ2) is 11.4. The second-order valence-corrected chi connectivity index (χ2v) is 8.80. The van der Waals surface area contributed by atoms with Gasteiger partial charge in [-0.1, -0.05) is 13.0 Å². The Morgan fingerprint density at radius 3 is 2.43 bits per heavy atom. The van der Waals surface area contributed by atoms with Gasteiger partial charge >= 0.3 is 0 Å². The minimum atomic E-state index is -0.260. The number of likely N-dealkylation sites (tertiary alicyclic amines) is 1. The predicted octanol–water partition coefficient (Wildman–Crippen LogP) is 4.13. The van der Waals surface area contributed by atoms with Crippen molar-refractivity contribution in [3.8, 4) is 0 Å². The summed E-state index contributed by atoms with van der Waals surface area (Å²) in [6.07, 6.45) is 3.63. The molecule has 1 saturated heterocycles. The minimum absolute atomic E-state index is 0.0478. The molecule has 3 aromatic rings. The van der Waals surface area contributed by atoms with E-state index in [4.69, 9.17) is 4.42 Å². The average Bonchev–Trinajstić information content (AvgIpc) is 3.40. The maximum atomic E-state index is 12.7. The molecule has 2 aromatic carbocycles. The molecule has 0 aliphatic carbocycles. The molecular formula is C27H30N4O4. The van der Waals surface area contributed by atoms with Crippen molar-refractivity contribution >= 4 is 29.1 Å². The van der Waals surface area contributed by atoms with Crippen LogP contribution in [0.1, 0.15) is 46.2 Å². The summed E-state index contributed by atoms with van der Waals surface area (Å²) < 4.78 is 5.21. The number of furan rings is 1. The highest BCUT2D eigenvalue weighted by atomic mass is 16.3. The molecule has 1 aliphatic heterocycles. The molecule has 1 aliphatic rings. The highest BCUT2D eigenvalue weighted by Crippen LogP contribution is 2.19. The summed E-state index contributed by atoms with van der Waals surface area (Å²) in [5, 5.41) is 8.63. The van der Waals surface area contributed by atoms with Crippen LogP contribution in [0, 0.1) is 5.92 Å². The number of piperidine rings is 1. The summed E-state index contributed by atoms with van der Waals surface area (Å²) in [5.74, 6) is 0.871. The minimum Gasteiger partial charge on any atom is -0.467 e. The topological polar surface area (TPSA) is 104 Å². The number of nitrogens with one attached hydrogen (secondary N) is 3. The van der Waals surface area contributed by atoms with Gasteiger partial charge in [0.15, 0.2) is 0 Å². The normalized spacial score (nSPS) is 13.8. The van der Waals surface area contributed by atoms with Crippen molar-refractivity contribution in [2.24, 2.45) is 5.92 Å². The molecule has 1 fully saturated rings. The van der Waals surface area contributed by atoms with E-state index in [0.29, 0.717) is 28.5 Å². The molecule has 1 aromatic heterocycles. The molecule has 3 N–H and O–H groups in total. The molecule has 0 radical (unpaired) electrons. The summed E-state index contributed by atoms with van der Waals surface area (Å²) in [4.78, 5) is 39.4. The van der Waals surface area contributed by atoms with E-state index in [1.165, 1.54) is 0 Å². The van der Waals surface area contributed by atoms with Gasteiger partial charge in [-0.05, 0) is 73.4 Å². The number of nitrogens with zero attached hydrogens (tertiary/aromatic N) is 1. The Morgan fingerprint density at radius 1 is 0.943 bits per heavy atom. The van der Waals surface area contributed by atoms with Crippen molar-refractivity contribution < 1.29 is 18.8 Å². The van der Waals surface area contributed by atoms with Gasteiger partial charge in [-0.2, -0.15) is 0 Å². The van der Waals surface area contributed by atoms with Crippen LogP contribution in [0.4, 0.5) is 11.4 Å². The molecule has 0 saturated carbocycles. The molecule has 8 nitrogen and oxygen atoms in total. The summed E-state index contributed by atoms with van der Waals surface area (Å²) in [7, 11) is 0.